The molecular formula is C18H21ClN2O2S. The van der Waals surface area contributed by atoms with E-state index in [1.165, 1.54) is 0 Å². The summed E-state index contributed by atoms with van der Waals surface area (Å²) in [5.41, 5.74) is 3.39. The fraction of sp³-hybridized carbons (Fsp3) is 0.278. The van der Waals surface area contributed by atoms with E-state index in [4.69, 9.17) is 4.74 Å². The number of nitrogens with one attached hydrogen (secondary N) is 2. The van der Waals surface area contributed by atoms with E-state index in [0.717, 1.165) is 34.1 Å². The lowest BCUT2D eigenvalue weighted by Crippen LogP contribution is -2.41. The van der Waals surface area contributed by atoms with Crippen LogP contribution in [0, 0.1) is 0 Å². The van der Waals surface area contributed by atoms with Gasteiger partial charge < -0.3 is 10.1 Å². The summed E-state index contributed by atoms with van der Waals surface area (Å²) in [5.74, 6) is 2.64. The molecule has 1 atom stereocenters. The molecule has 0 aliphatic carbocycles. The van der Waals surface area contributed by atoms with Gasteiger partial charge in [-0.05, 0) is 28.8 Å². The van der Waals surface area contributed by atoms with Gasteiger partial charge in [0.2, 0.25) is 5.91 Å². The van der Waals surface area contributed by atoms with Gasteiger partial charge in [0.05, 0.1) is 13.2 Å². The molecule has 6 heteroatoms. The Morgan fingerprint density at radius 3 is 2.33 bits per heavy atom. The van der Waals surface area contributed by atoms with Crippen LogP contribution in [0.4, 0.5) is 0 Å². The van der Waals surface area contributed by atoms with Gasteiger partial charge in [0.15, 0.2) is 0 Å². The zero-order valence-electron chi connectivity index (χ0n) is 13.5. The first-order valence-corrected chi connectivity index (χ1v) is 8.74. The van der Waals surface area contributed by atoms with Gasteiger partial charge in [-0.3, -0.25) is 10.1 Å². The minimum absolute atomic E-state index is 0. The Labute approximate surface area is 152 Å². The number of carbonyl (C=O) groups is 1. The van der Waals surface area contributed by atoms with Crippen LogP contribution in [-0.4, -0.2) is 30.7 Å². The number of ether oxygens (including phenoxy) is 1. The maximum Gasteiger partial charge on any atom is 0.238 e. The van der Waals surface area contributed by atoms with Gasteiger partial charge in [0.1, 0.15) is 5.75 Å². The topological polar surface area (TPSA) is 50.4 Å². The summed E-state index contributed by atoms with van der Waals surface area (Å²) >= 11 is 1.75. The largest absolute Gasteiger partial charge is 0.497 e. The number of thioether (sulfide) groups is 1. The Morgan fingerprint density at radius 2 is 1.79 bits per heavy atom. The highest BCUT2D eigenvalue weighted by molar-refractivity contribution is 7.99. The molecule has 1 aliphatic rings. The van der Waals surface area contributed by atoms with Crippen LogP contribution in [0.15, 0.2) is 48.5 Å². The molecule has 0 aromatic heterocycles. The second-order valence-corrected chi connectivity index (χ2v) is 6.45. The molecule has 2 N–H and O–H groups in total. The highest BCUT2D eigenvalue weighted by Gasteiger charge is 2.21. The Bertz CT molecular complexity index is 656. The first-order valence-electron chi connectivity index (χ1n) is 7.58. The Morgan fingerprint density at radius 1 is 1.17 bits per heavy atom. The lowest BCUT2D eigenvalue weighted by Gasteiger charge is -2.11. The van der Waals surface area contributed by atoms with Crippen molar-refractivity contribution in [3.8, 4) is 16.9 Å². The summed E-state index contributed by atoms with van der Waals surface area (Å²) in [4.78, 5) is 12.0. The molecule has 1 amide bonds. The molecule has 2 aromatic carbocycles. The second-order valence-electron chi connectivity index (χ2n) is 5.42. The minimum Gasteiger partial charge on any atom is -0.497 e. The molecular weight excluding hydrogens is 344 g/mol. The summed E-state index contributed by atoms with van der Waals surface area (Å²) in [6.45, 7) is 0.560. The van der Waals surface area contributed by atoms with Crippen molar-refractivity contribution in [2.24, 2.45) is 0 Å². The van der Waals surface area contributed by atoms with Crippen molar-refractivity contribution >= 4 is 30.1 Å². The standard InChI is InChI=1S/C18H20N2O2S.ClH/c1-22-16-8-6-15(7-9-16)14-4-2-13(3-5-14)10-19-18(21)17-11-23-12-20-17;/h2-9,17,20H,10-12H2,1H3,(H,19,21);1H. The van der Waals surface area contributed by atoms with E-state index >= 15 is 0 Å². The summed E-state index contributed by atoms with van der Waals surface area (Å²) in [6.07, 6.45) is 0. The molecule has 3 rings (SSSR count). The van der Waals surface area contributed by atoms with Gasteiger partial charge in [0, 0.05) is 18.2 Å². The van der Waals surface area contributed by atoms with Crippen LogP contribution in [0.25, 0.3) is 11.1 Å². The van der Waals surface area contributed by atoms with Crippen molar-refractivity contribution in [3.05, 3.63) is 54.1 Å². The Balaban J connectivity index is 0.00000208. The van der Waals surface area contributed by atoms with Crippen LogP contribution < -0.4 is 15.4 Å². The number of methoxy groups -OCH3 is 1. The van der Waals surface area contributed by atoms with E-state index in [1.807, 2.05) is 24.3 Å². The predicted molar refractivity (Wildman–Crippen MR) is 102 cm³/mol. The van der Waals surface area contributed by atoms with E-state index in [2.05, 4.69) is 34.9 Å². The second kappa shape index (κ2) is 8.97. The molecule has 4 nitrogen and oxygen atoms in total. The lowest BCUT2D eigenvalue weighted by molar-refractivity contribution is -0.122. The molecule has 0 saturated carbocycles. The van der Waals surface area contributed by atoms with E-state index < -0.39 is 0 Å². The van der Waals surface area contributed by atoms with Crippen LogP contribution in [0.3, 0.4) is 0 Å². The fourth-order valence-electron chi connectivity index (χ4n) is 2.47. The molecule has 0 bridgehead atoms. The van der Waals surface area contributed by atoms with Gasteiger partial charge >= 0.3 is 0 Å². The SMILES string of the molecule is COc1ccc(-c2ccc(CNC(=O)C3CSCN3)cc2)cc1.Cl. The number of halogens is 1. The zero-order chi connectivity index (χ0) is 16.1. The maximum absolute atomic E-state index is 12.0. The lowest BCUT2D eigenvalue weighted by atomic mass is 10.0. The van der Waals surface area contributed by atoms with Crippen molar-refractivity contribution in [2.45, 2.75) is 12.6 Å². The van der Waals surface area contributed by atoms with E-state index in [9.17, 15) is 4.79 Å². The van der Waals surface area contributed by atoms with Gasteiger partial charge in [-0.15, -0.1) is 24.2 Å². The van der Waals surface area contributed by atoms with Crippen LogP contribution in [0.1, 0.15) is 5.56 Å². The number of carbonyl (C=O) groups excluding carboxylic acids is 1. The van der Waals surface area contributed by atoms with E-state index in [1.54, 1.807) is 18.9 Å². The first-order chi connectivity index (χ1) is 11.3. The molecule has 128 valence electrons. The third kappa shape index (κ3) is 4.66. The number of benzene rings is 2. The molecule has 0 spiro atoms. The third-order valence-electron chi connectivity index (χ3n) is 3.88. The third-order valence-corrected chi connectivity index (χ3v) is 4.82. The molecule has 1 heterocycles. The molecule has 24 heavy (non-hydrogen) atoms. The van der Waals surface area contributed by atoms with E-state index in [-0.39, 0.29) is 24.4 Å². The normalized spacial score (nSPS) is 16.3. The van der Waals surface area contributed by atoms with Crippen molar-refractivity contribution in [2.75, 3.05) is 18.7 Å². The van der Waals surface area contributed by atoms with Crippen molar-refractivity contribution in [3.63, 3.8) is 0 Å². The average molecular weight is 365 g/mol. The summed E-state index contributed by atoms with van der Waals surface area (Å²) in [7, 11) is 1.66. The van der Waals surface area contributed by atoms with Gasteiger partial charge in [-0.1, -0.05) is 36.4 Å². The highest BCUT2D eigenvalue weighted by Crippen LogP contribution is 2.22. The van der Waals surface area contributed by atoms with Crippen molar-refractivity contribution < 1.29 is 9.53 Å². The Hall–Kier alpha value is -1.69. The number of rotatable bonds is 5. The summed E-state index contributed by atoms with van der Waals surface area (Å²) in [5, 5.41) is 6.16. The van der Waals surface area contributed by atoms with Gasteiger partial charge in [0.25, 0.3) is 0 Å². The van der Waals surface area contributed by atoms with Crippen LogP contribution in [0.2, 0.25) is 0 Å². The first kappa shape index (κ1) is 18.6. The van der Waals surface area contributed by atoms with Gasteiger partial charge in [-0.2, -0.15) is 0 Å². The van der Waals surface area contributed by atoms with Crippen LogP contribution in [0.5, 0.6) is 5.75 Å². The average Bonchev–Trinajstić information content (AvgIpc) is 3.15. The smallest absolute Gasteiger partial charge is 0.238 e. The number of hydrogen-bond acceptors (Lipinski definition) is 4. The summed E-state index contributed by atoms with van der Waals surface area (Å²) < 4.78 is 5.17. The maximum atomic E-state index is 12.0. The minimum atomic E-state index is -0.0569. The van der Waals surface area contributed by atoms with E-state index in [0.29, 0.717) is 6.54 Å². The summed E-state index contributed by atoms with van der Waals surface area (Å²) in [6, 6.07) is 16.2. The Kier molecular flexibility index (Phi) is 6.97. The molecule has 0 radical (unpaired) electrons. The molecule has 1 fully saturated rings. The predicted octanol–water partition coefficient (Wildman–Crippen LogP) is 3.06. The van der Waals surface area contributed by atoms with Crippen LogP contribution in [-0.2, 0) is 11.3 Å². The monoisotopic (exact) mass is 364 g/mol. The van der Waals surface area contributed by atoms with Crippen molar-refractivity contribution in [1.82, 2.24) is 10.6 Å². The van der Waals surface area contributed by atoms with Crippen LogP contribution >= 0.6 is 24.2 Å². The van der Waals surface area contributed by atoms with Gasteiger partial charge in [-0.25, -0.2) is 0 Å². The van der Waals surface area contributed by atoms with Crippen molar-refractivity contribution in [1.29, 1.82) is 0 Å². The highest BCUT2D eigenvalue weighted by atomic mass is 35.5. The quantitative estimate of drug-likeness (QED) is 0.856. The number of amides is 1. The zero-order valence-corrected chi connectivity index (χ0v) is 15.1. The fourth-order valence-corrected chi connectivity index (χ4v) is 3.42. The molecule has 2 aromatic rings. The molecule has 1 unspecified atom stereocenters. The molecule has 1 aliphatic heterocycles. The number of hydrogen-bond donors (Lipinski definition) is 2. The molecule has 1 saturated heterocycles.